The average molecular weight is 401 g/mol. The van der Waals surface area contributed by atoms with Crippen LogP contribution in [-0.4, -0.2) is 42.9 Å². The summed E-state index contributed by atoms with van der Waals surface area (Å²) in [7, 11) is 0. The Morgan fingerprint density at radius 3 is 2.52 bits per heavy atom. The first-order valence-corrected chi connectivity index (χ1v) is 6.90. The van der Waals surface area contributed by atoms with E-state index in [0.717, 1.165) is 26.2 Å². The van der Waals surface area contributed by atoms with Crippen LogP contribution in [0.1, 0.15) is 17.2 Å². The summed E-state index contributed by atoms with van der Waals surface area (Å²) in [6.45, 7) is 2.44. The molecule has 0 saturated carbocycles. The molecule has 1 saturated heterocycles. The molecule has 1 heterocycles. The lowest BCUT2D eigenvalue weighted by Crippen LogP contribution is -2.45. The smallest absolute Gasteiger partial charge is 0.139 e. The molecule has 8 heteroatoms. The standard InChI is InChI=1S/C13H15BrFN3O.2ClH/c14-10-2-1-9(8-16)13(19)12(10)11(7-15)18-5-3-17-4-6-18;;/h1-2,11,17,19H,3-7H2;2*1H/t11-;;/m0../s1. The third kappa shape index (κ3) is 4.44. The quantitative estimate of drug-likeness (QED) is 0.818. The van der Waals surface area contributed by atoms with Crippen LogP contribution in [0, 0.1) is 11.3 Å². The van der Waals surface area contributed by atoms with E-state index < -0.39 is 12.7 Å². The van der Waals surface area contributed by atoms with Crippen molar-refractivity contribution in [2.75, 3.05) is 32.9 Å². The van der Waals surface area contributed by atoms with Gasteiger partial charge in [0.2, 0.25) is 0 Å². The van der Waals surface area contributed by atoms with Crippen molar-refractivity contribution in [1.29, 1.82) is 5.26 Å². The molecule has 1 aliphatic rings. The summed E-state index contributed by atoms with van der Waals surface area (Å²) in [5.74, 6) is -0.127. The largest absolute Gasteiger partial charge is 0.506 e. The molecule has 0 bridgehead atoms. The van der Waals surface area contributed by atoms with Crippen molar-refractivity contribution in [2.45, 2.75) is 6.04 Å². The summed E-state index contributed by atoms with van der Waals surface area (Å²) in [5.41, 5.74) is 0.634. The number of benzene rings is 1. The molecule has 0 aromatic heterocycles. The molecule has 0 radical (unpaired) electrons. The summed E-state index contributed by atoms with van der Waals surface area (Å²) in [5, 5.41) is 22.3. The number of halogens is 4. The summed E-state index contributed by atoms with van der Waals surface area (Å²) >= 11 is 3.34. The third-order valence-corrected chi connectivity index (χ3v) is 4.05. The highest BCUT2D eigenvalue weighted by atomic mass is 79.9. The molecule has 2 N–H and O–H groups in total. The molecule has 1 fully saturated rings. The van der Waals surface area contributed by atoms with Gasteiger partial charge in [-0.1, -0.05) is 15.9 Å². The Balaban J connectivity index is 0.00000200. The molecule has 0 spiro atoms. The zero-order valence-electron chi connectivity index (χ0n) is 11.2. The van der Waals surface area contributed by atoms with Crippen LogP contribution in [0.5, 0.6) is 5.75 Å². The Bertz CT molecular complexity index is 507. The van der Waals surface area contributed by atoms with Crippen molar-refractivity contribution in [3.63, 3.8) is 0 Å². The van der Waals surface area contributed by atoms with Crippen LogP contribution in [-0.2, 0) is 0 Å². The van der Waals surface area contributed by atoms with Crippen molar-refractivity contribution < 1.29 is 9.50 Å². The number of rotatable bonds is 3. The second-order valence-electron chi connectivity index (χ2n) is 4.43. The van der Waals surface area contributed by atoms with E-state index in [2.05, 4.69) is 21.2 Å². The summed E-state index contributed by atoms with van der Waals surface area (Å²) in [6, 6.07) is 4.60. The van der Waals surface area contributed by atoms with Gasteiger partial charge in [-0.15, -0.1) is 24.8 Å². The van der Waals surface area contributed by atoms with Crippen LogP contribution in [0.4, 0.5) is 4.39 Å². The normalized spacial score (nSPS) is 16.2. The molecular weight excluding hydrogens is 384 g/mol. The zero-order chi connectivity index (χ0) is 13.8. The molecule has 0 unspecified atom stereocenters. The lowest BCUT2D eigenvalue weighted by atomic mass is 10.0. The summed E-state index contributed by atoms with van der Waals surface area (Å²) in [6.07, 6.45) is 0. The van der Waals surface area contributed by atoms with Crippen molar-refractivity contribution in [1.82, 2.24) is 10.2 Å². The van der Waals surface area contributed by atoms with Crippen molar-refractivity contribution in [3.8, 4) is 11.8 Å². The van der Waals surface area contributed by atoms with Crippen LogP contribution in [0.3, 0.4) is 0 Å². The molecule has 4 nitrogen and oxygen atoms in total. The number of nitrogens with zero attached hydrogens (tertiary/aromatic N) is 2. The number of phenolic OH excluding ortho intramolecular Hbond substituents is 1. The van der Waals surface area contributed by atoms with Gasteiger partial charge in [-0.25, -0.2) is 4.39 Å². The molecule has 1 aromatic rings. The second kappa shape index (κ2) is 9.44. The zero-order valence-corrected chi connectivity index (χ0v) is 14.4. The highest BCUT2D eigenvalue weighted by Gasteiger charge is 2.27. The first kappa shape index (κ1) is 20.4. The number of nitrogens with one attached hydrogen (secondary N) is 1. The fourth-order valence-corrected chi connectivity index (χ4v) is 2.93. The van der Waals surface area contributed by atoms with Gasteiger partial charge in [0.05, 0.1) is 11.6 Å². The van der Waals surface area contributed by atoms with E-state index in [-0.39, 0.29) is 36.1 Å². The van der Waals surface area contributed by atoms with E-state index in [1.807, 2.05) is 11.0 Å². The number of aromatic hydroxyl groups is 1. The Hall–Kier alpha value is -0.580. The van der Waals surface area contributed by atoms with Crippen LogP contribution in [0.25, 0.3) is 0 Å². The predicted molar refractivity (Wildman–Crippen MR) is 88.2 cm³/mol. The van der Waals surface area contributed by atoms with Crippen molar-refractivity contribution in [2.24, 2.45) is 0 Å². The Kier molecular flexibility index (Phi) is 9.18. The molecule has 1 atom stereocenters. The molecule has 1 aromatic carbocycles. The van der Waals surface area contributed by atoms with Crippen LogP contribution < -0.4 is 5.32 Å². The first-order valence-electron chi connectivity index (χ1n) is 6.11. The average Bonchev–Trinajstić information content (AvgIpc) is 2.44. The number of hydrogen-bond acceptors (Lipinski definition) is 4. The minimum Gasteiger partial charge on any atom is -0.506 e. The van der Waals surface area contributed by atoms with Gasteiger partial charge in [0.1, 0.15) is 18.5 Å². The maximum Gasteiger partial charge on any atom is 0.139 e. The molecule has 0 aliphatic carbocycles. The highest BCUT2D eigenvalue weighted by Crippen LogP contribution is 2.37. The second-order valence-corrected chi connectivity index (χ2v) is 5.28. The minimum atomic E-state index is -0.596. The van der Waals surface area contributed by atoms with Crippen LogP contribution in [0.15, 0.2) is 16.6 Å². The van der Waals surface area contributed by atoms with Crippen molar-refractivity contribution >= 4 is 40.7 Å². The third-order valence-electron chi connectivity index (χ3n) is 3.36. The number of phenols is 1. The van der Waals surface area contributed by atoms with E-state index in [4.69, 9.17) is 5.26 Å². The number of alkyl halides is 1. The summed E-state index contributed by atoms with van der Waals surface area (Å²) < 4.78 is 14.1. The monoisotopic (exact) mass is 399 g/mol. The van der Waals surface area contributed by atoms with E-state index in [1.165, 1.54) is 6.07 Å². The Morgan fingerprint density at radius 2 is 2.00 bits per heavy atom. The van der Waals surface area contributed by atoms with E-state index in [1.54, 1.807) is 6.07 Å². The number of piperazine rings is 1. The number of hydrogen-bond donors (Lipinski definition) is 2. The fourth-order valence-electron chi connectivity index (χ4n) is 2.34. The molecular formula is C13H17BrCl2FN3O. The predicted octanol–water partition coefficient (Wildman–Crippen LogP) is 2.79. The van der Waals surface area contributed by atoms with Crippen LogP contribution >= 0.6 is 40.7 Å². The van der Waals surface area contributed by atoms with Gasteiger partial charge in [-0.05, 0) is 12.1 Å². The maximum absolute atomic E-state index is 13.4. The minimum absolute atomic E-state index is 0. The molecule has 118 valence electrons. The lowest BCUT2D eigenvalue weighted by Gasteiger charge is -2.34. The first-order chi connectivity index (χ1) is 9.19. The van der Waals surface area contributed by atoms with Gasteiger partial charge >= 0.3 is 0 Å². The van der Waals surface area contributed by atoms with E-state index in [9.17, 15) is 9.50 Å². The van der Waals surface area contributed by atoms with Gasteiger partial charge in [-0.3, -0.25) is 4.90 Å². The van der Waals surface area contributed by atoms with Crippen LogP contribution in [0.2, 0.25) is 0 Å². The van der Waals surface area contributed by atoms with Gasteiger partial charge in [0.25, 0.3) is 0 Å². The van der Waals surface area contributed by atoms with Crippen molar-refractivity contribution in [3.05, 3.63) is 27.7 Å². The van der Waals surface area contributed by atoms with E-state index >= 15 is 0 Å². The number of nitriles is 1. The SMILES string of the molecule is Cl.Cl.N#Cc1ccc(Br)c([C@H](CF)N2CCNCC2)c1O. The molecule has 21 heavy (non-hydrogen) atoms. The molecule has 0 amide bonds. The maximum atomic E-state index is 13.4. The Morgan fingerprint density at radius 1 is 1.38 bits per heavy atom. The topological polar surface area (TPSA) is 59.3 Å². The molecule has 2 rings (SSSR count). The van der Waals surface area contributed by atoms with Gasteiger partial charge in [-0.2, -0.15) is 5.26 Å². The summed E-state index contributed by atoms with van der Waals surface area (Å²) in [4.78, 5) is 1.98. The van der Waals surface area contributed by atoms with Gasteiger partial charge in [0, 0.05) is 36.2 Å². The van der Waals surface area contributed by atoms with E-state index in [0.29, 0.717) is 10.0 Å². The van der Waals surface area contributed by atoms with Gasteiger partial charge < -0.3 is 10.4 Å². The lowest BCUT2D eigenvalue weighted by molar-refractivity contribution is 0.144. The Labute approximate surface area is 144 Å². The molecule has 1 aliphatic heterocycles. The van der Waals surface area contributed by atoms with Gasteiger partial charge in [0.15, 0.2) is 0 Å². The fraction of sp³-hybridized carbons (Fsp3) is 0.462. The highest BCUT2D eigenvalue weighted by molar-refractivity contribution is 9.10.